The van der Waals surface area contributed by atoms with E-state index in [1.807, 2.05) is 13.0 Å². The summed E-state index contributed by atoms with van der Waals surface area (Å²) >= 11 is 0. The van der Waals surface area contributed by atoms with Gasteiger partial charge in [-0.1, -0.05) is 19.6 Å². The van der Waals surface area contributed by atoms with Gasteiger partial charge in [-0.05, 0) is 31.3 Å². The molecule has 1 aliphatic heterocycles. The van der Waals surface area contributed by atoms with Crippen molar-refractivity contribution in [2.24, 2.45) is 11.8 Å². The van der Waals surface area contributed by atoms with Gasteiger partial charge in [-0.15, -0.1) is 0 Å². The summed E-state index contributed by atoms with van der Waals surface area (Å²) in [6.45, 7) is 8.96. The molecule has 1 fully saturated rings. The zero-order chi connectivity index (χ0) is 16.4. The maximum absolute atomic E-state index is 11.6. The maximum Gasteiger partial charge on any atom is 0.334 e. The Kier molecular flexibility index (Phi) is 5.06. The van der Waals surface area contributed by atoms with Crippen LogP contribution in [0.1, 0.15) is 40.0 Å². The number of fused-ring (bicyclic) bond motifs is 1. The van der Waals surface area contributed by atoms with Crippen LogP contribution < -0.4 is 0 Å². The number of hydrogen-bond donors (Lipinski definition) is 1. The number of rotatable bonds is 4. The third-order valence-electron chi connectivity index (χ3n) is 4.49. The SMILES string of the molecule is C=C1C(=O)O[C@H]2C[C@H](C)C([C@H](O)C[C@H](C)OC(C)=O)=CC[C@H]12. The fourth-order valence-electron chi connectivity index (χ4n) is 3.37. The molecular weight excluding hydrogens is 284 g/mol. The fourth-order valence-corrected chi connectivity index (χ4v) is 3.37. The molecule has 1 saturated heterocycles. The number of aliphatic hydroxyl groups is 1. The number of hydrogen-bond acceptors (Lipinski definition) is 5. The first-order valence-corrected chi connectivity index (χ1v) is 7.74. The molecule has 22 heavy (non-hydrogen) atoms. The molecule has 1 aliphatic carbocycles. The number of ether oxygens (including phenoxy) is 2. The summed E-state index contributed by atoms with van der Waals surface area (Å²) in [5.41, 5.74) is 1.45. The predicted molar refractivity (Wildman–Crippen MR) is 80.8 cm³/mol. The van der Waals surface area contributed by atoms with Crippen LogP contribution in [0.25, 0.3) is 0 Å². The number of carbonyl (C=O) groups is 2. The van der Waals surface area contributed by atoms with Gasteiger partial charge in [-0.25, -0.2) is 4.79 Å². The van der Waals surface area contributed by atoms with E-state index in [0.29, 0.717) is 24.8 Å². The Morgan fingerprint density at radius 1 is 1.59 bits per heavy atom. The van der Waals surface area contributed by atoms with E-state index in [9.17, 15) is 14.7 Å². The maximum atomic E-state index is 11.6. The molecule has 1 N–H and O–H groups in total. The van der Waals surface area contributed by atoms with Crippen LogP contribution in [0, 0.1) is 11.8 Å². The molecule has 122 valence electrons. The summed E-state index contributed by atoms with van der Waals surface area (Å²) in [4.78, 5) is 22.5. The molecule has 0 bridgehead atoms. The Balaban J connectivity index is 2.04. The Morgan fingerprint density at radius 3 is 2.91 bits per heavy atom. The minimum Gasteiger partial charge on any atom is -0.463 e. The average molecular weight is 308 g/mol. The lowest BCUT2D eigenvalue weighted by molar-refractivity contribution is -0.146. The highest BCUT2D eigenvalue weighted by atomic mass is 16.6. The average Bonchev–Trinajstić information content (AvgIpc) is 2.56. The number of esters is 2. The lowest BCUT2D eigenvalue weighted by Crippen LogP contribution is -2.25. The fraction of sp³-hybridized carbons (Fsp3) is 0.647. The van der Waals surface area contributed by atoms with Gasteiger partial charge in [0.05, 0.1) is 6.10 Å². The highest BCUT2D eigenvalue weighted by Crippen LogP contribution is 2.39. The summed E-state index contributed by atoms with van der Waals surface area (Å²) in [5, 5.41) is 10.4. The van der Waals surface area contributed by atoms with Crippen molar-refractivity contribution in [1.82, 2.24) is 0 Å². The van der Waals surface area contributed by atoms with Crippen LogP contribution in [0.4, 0.5) is 0 Å². The Labute approximate surface area is 131 Å². The van der Waals surface area contributed by atoms with Crippen molar-refractivity contribution in [3.63, 3.8) is 0 Å². The van der Waals surface area contributed by atoms with E-state index in [0.717, 1.165) is 5.57 Å². The third kappa shape index (κ3) is 3.58. The molecular formula is C17H24O5. The van der Waals surface area contributed by atoms with Crippen molar-refractivity contribution in [2.45, 2.75) is 58.3 Å². The molecule has 0 unspecified atom stereocenters. The minimum atomic E-state index is -0.660. The van der Waals surface area contributed by atoms with Gasteiger partial charge in [-0.3, -0.25) is 4.79 Å². The summed E-state index contributed by atoms with van der Waals surface area (Å²) < 4.78 is 10.4. The van der Waals surface area contributed by atoms with E-state index >= 15 is 0 Å². The largest absolute Gasteiger partial charge is 0.463 e. The molecule has 0 spiro atoms. The lowest BCUT2D eigenvalue weighted by Gasteiger charge is -2.23. The highest BCUT2D eigenvalue weighted by Gasteiger charge is 2.41. The first kappa shape index (κ1) is 16.7. The topological polar surface area (TPSA) is 72.8 Å². The lowest BCUT2D eigenvalue weighted by atomic mass is 9.89. The van der Waals surface area contributed by atoms with Crippen molar-refractivity contribution < 1.29 is 24.2 Å². The molecule has 2 aliphatic rings. The van der Waals surface area contributed by atoms with Crippen LogP contribution in [-0.2, 0) is 19.1 Å². The Morgan fingerprint density at radius 2 is 2.27 bits per heavy atom. The molecule has 5 heteroatoms. The summed E-state index contributed by atoms with van der Waals surface area (Å²) in [6.07, 6.45) is 2.54. The van der Waals surface area contributed by atoms with Crippen LogP contribution in [-0.4, -0.2) is 35.4 Å². The van der Waals surface area contributed by atoms with Gasteiger partial charge < -0.3 is 14.6 Å². The summed E-state index contributed by atoms with van der Waals surface area (Å²) in [6, 6.07) is 0. The van der Waals surface area contributed by atoms with Crippen LogP contribution in [0.3, 0.4) is 0 Å². The molecule has 0 aromatic carbocycles. The second kappa shape index (κ2) is 6.65. The molecule has 0 radical (unpaired) electrons. The number of carbonyl (C=O) groups excluding carboxylic acids is 2. The van der Waals surface area contributed by atoms with Crippen LogP contribution in [0.5, 0.6) is 0 Å². The second-order valence-electron chi connectivity index (χ2n) is 6.32. The summed E-state index contributed by atoms with van der Waals surface area (Å²) in [5.74, 6) is -0.540. The van der Waals surface area contributed by atoms with Gasteiger partial charge in [0.1, 0.15) is 12.2 Å². The number of allylic oxidation sites excluding steroid dienone is 1. The molecule has 5 nitrogen and oxygen atoms in total. The van der Waals surface area contributed by atoms with Crippen molar-refractivity contribution in [3.05, 3.63) is 23.8 Å². The van der Waals surface area contributed by atoms with Gasteiger partial charge in [0.25, 0.3) is 0 Å². The van der Waals surface area contributed by atoms with Crippen LogP contribution in [0.2, 0.25) is 0 Å². The molecule has 0 aromatic heterocycles. The van der Waals surface area contributed by atoms with Gasteiger partial charge in [0.2, 0.25) is 0 Å². The van der Waals surface area contributed by atoms with Gasteiger partial charge >= 0.3 is 11.9 Å². The van der Waals surface area contributed by atoms with E-state index in [4.69, 9.17) is 9.47 Å². The Bertz CT molecular complexity index is 507. The zero-order valence-corrected chi connectivity index (χ0v) is 13.4. The first-order chi connectivity index (χ1) is 10.3. The predicted octanol–water partition coefficient (Wildman–Crippen LogP) is 2.14. The van der Waals surface area contributed by atoms with Gasteiger partial charge in [0, 0.05) is 24.8 Å². The minimum absolute atomic E-state index is 0.00513. The van der Waals surface area contributed by atoms with E-state index in [2.05, 4.69) is 6.58 Å². The monoisotopic (exact) mass is 308 g/mol. The molecule has 1 heterocycles. The van der Waals surface area contributed by atoms with Crippen LogP contribution >= 0.6 is 0 Å². The Hall–Kier alpha value is -1.62. The third-order valence-corrected chi connectivity index (χ3v) is 4.49. The van der Waals surface area contributed by atoms with Crippen molar-refractivity contribution in [2.75, 3.05) is 0 Å². The van der Waals surface area contributed by atoms with E-state index in [-0.39, 0.29) is 36.0 Å². The van der Waals surface area contributed by atoms with Gasteiger partial charge in [-0.2, -0.15) is 0 Å². The standard InChI is InChI=1S/C17H24O5/c1-9-7-16-14(11(3)17(20)22-16)6-5-13(9)15(19)8-10(2)21-12(4)18/h5,9-10,14-16,19H,3,6-8H2,1-2,4H3/t9-,10-,14+,15+,16-/m0/s1. The van der Waals surface area contributed by atoms with Gasteiger partial charge in [0.15, 0.2) is 0 Å². The smallest absolute Gasteiger partial charge is 0.334 e. The van der Waals surface area contributed by atoms with E-state index in [1.165, 1.54) is 6.92 Å². The van der Waals surface area contributed by atoms with Crippen molar-refractivity contribution in [3.8, 4) is 0 Å². The van der Waals surface area contributed by atoms with E-state index in [1.54, 1.807) is 6.92 Å². The molecule has 5 atom stereocenters. The van der Waals surface area contributed by atoms with Crippen molar-refractivity contribution >= 4 is 11.9 Å². The van der Waals surface area contributed by atoms with E-state index < -0.39 is 6.10 Å². The molecule has 0 amide bonds. The quantitative estimate of drug-likeness (QED) is 0.489. The molecule has 0 saturated carbocycles. The van der Waals surface area contributed by atoms with Crippen molar-refractivity contribution in [1.29, 1.82) is 0 Å². The molecule has 0 aromatic rings. The van der Waals surface area contributed by atoms with Crippen LogP contribution in [0.15, 0.2) is 23.8 Å². The molecule has 2 rings (SSSR count). The first-order valence-electron chi connectivity index (χ1n) is 7.74. The highest BCUT2D eigenvalue weighted by molar-refractivity contribution is 5.90. The normalized spacial score (nSPS) is 30.7. The number of aliphatic hydroxyl groups excluding tert-OH is 1. The zero-order valence-electron chi connectivity index (χ0n) is 13.4. The summed E-state index contributed by atoms with van der Waals surface area (Å²) in [7, 11) is 0. The second-order valence-corrected chi connectivity index (χ2v) is 6.32.